The van der Waals surface area contributed by atoms with E-state index in [0.717, 1.165) is 38.2 Å². The maximum absolute atomic E-state index is 13.8. The first-order chi connectivity index (χ1) is 21.2. The van der Waals surface area contributed by atoms with E-state index in [1.807, 2.05) is 16.9 Å². The van der Waals surface area contributed by atoms with E-state index in [0.29, 0.717) is 53.6 Å². The monoisotopic (exact) mass is 606 g/mol. The third-order valence-electron chi connectivity index (χ3n) is 8.35. The van der Waals surface area contributed by atoms with Gasteiger partial charge in [0.1, 0.15) is 6.61 Å². The molecule has 0 atom stereocenters. The standard InChI is InChI=1S/C32H33F3N6O3/c1-21-14-27(32(33,34)35)28(36-18-21)20-44-29-17-25-23(19-37-29)15-22(16-26(25)31(43)39-9-3-2-4-10-39)30(42)40-12-6-24(7-13-40)41-11-5-8-38-41/h5,8,11,14-19,24H,2-4,6-7,9-10,12-13,20H2,1H3. The van der Waals surface area contributed by atoms with Crippen molar-refractivity contribution in [2.75, 3.05) is 26.2 Å². The lowest BCUT2D eigenvalue weighted by molar-refractivity contribution is -0.139. The van der Waals surface area contributed by atoms with Crippen molar-refractivity contribution < 1.29 is 27.5 Å². The topological polar surface area (TPSA) is 93.5 Å². The summed E-state index contributed by atoms with van der Waals surface area (Å²) in [5.41, 5.74) is 0.00163. The summed E-state index contributed by atoms with van der Waals surface area (Å²) < 4.78 is 48.5. The van der Waals surface area contributed by atoms with Crippen LogP contribution in [0.25, 0.3) is 10.8 Å². The molecular weight excluding hydrogens is 573 g/mol. The first kappa shape index (κ1) is 29.6. The van der Waals surface area contributed by atoms with Gasteiger partial charge in [-0.15, -0.1) is 0 Å². The molecule has 3 aromatic heterocycles. The Morgan fingerprint density at radius 1 is 0.932 bits per heavy atom. The van der Waals surface area contributed by atoms with Crippen molar-refractivity contribution in [3.05, 3.63) is 83.1 Å². The number of rotatable bonds is 6. The lowest BCUT2D eigenvalue weighted by Gasteiger charge is -2.32. The summed E-state index contributed by atoms with van der Waals surface area (Å²) in [6.07, 6.45) is 6.33. The molecular formula is C32H33F3N6O3. The molecule has 0 bridgehead atoms. The number of piperidine rings is 2. The maximum atomic E-state index is 13.8. The zero-order valence-corrected chi connectivity index (χ0v) is 24.4. The predicted octanol–water partition coefficient (Wildman–Crippen LogP) is 5.84. The second kappa shape index (κ2) is 12.3. The number of benzene rings is 1. The number of hydrogen-bond acceptors (Lipinski definition) is 6. The minimum Gasteiger partial charge on any atom is -0.471 e. The molecule has 6 rings (SSSR count). The van der Waals surface area contributed by atoms with Crippen LogP contribution in [-0.4, -0.2) is 67.5 Å². The Balaban J connectivity index is 1.29. The van der Waals surface area contributed by atoms with Crippen molar-refractivity contribution >= 4 is 22.6 Å². The number of alkyl halides is 3. The Hall–Kier alpha value is -4.48. The average molecular weight is 607 g/mol. The van der Waals surface area contributed by atoms with Crippen molar-refractivity contribution in [3.63, 3.8) is 0 Å². The van der Waals surface area contributed by atoms with Crippen LogP contribution in [0.15, 0.2) is 55.1 Å². The molecule has 230 valence electrons. The number of aryl methyl sites for hydroxylation is 1. The zero-order chi connectivity index (χ0) is 30.8. The number of halogens is 3. The van der Waals surface area contributed by atoms with Crippen LogP contribution in [0.2, 0.25) is 0 Å². The Morgan fingerprint density at radius 3 is 2.39 bits per heavy atom. The Labute approximate surface area is 252 Å². The van der Waals surface area contributed by atoms with Crippen LogP contribution < -0.4 is 4.74 Å². The molecule has 1 aromatic carbocycles. The fourth-order valence-electron chi connectivity index (χ4n) is 6.00. The van der Waals surface area contributed by atoms with E-state index in [1.165, 1.54) is 12.4 Å². The minimum atomic E-state index is -4.58. The van der Waals surface area contributed by atoms with Crippen molar-refractivity contribution in [1.82, 2.24) is 29.5 Å². The summed E-state index contributed by atoms with van der Waals surface area (Å²) >= 11 is 0. The van der Waals surface area contributed by atoms with Crippen molar-refractivity contribution in [2.24, 2.45) is 0 Å². The minimum absolute atomic E-state index is 0.0560. The SMILES string of the molecule is Cc1cnc(COc2cc3c(C(=O)N4CCCCC4)cc(C(=O)N4CCC(n5cccn5)CC4)cc3cn2)c(C(F)(F)F)c1. The molecule has 0 spiro atoms. The van der Waals surface area contributed by atoms with Gasteiger partial charge in [-0.05, 0) is 68.9 Å². The number of pyridine rings is 2. The van der Waals surface area contributed by atoms with Crippen LogP contribution in [-0.2, 0) is 12.8 Å². The van der Waals surface area contributed by atoms with E-state index in [1.54, 1.807) is 41.1 Å². The Morgan fingerprint density at radius 2 is 1.68 bits per heavy atom. The molecule has 4 aromatic rings. The van der Waals surface area contributed by atoms with Gasteiger partial charge in [0.2, 0.25) is 5.88 Å². The molecule has 0 aliphatic carbocycles. The number of carbonyl (C=O) groups excluding carboxylic acids is 2. The van der Waals surface area contributed by atoms with E-state index in [4.69, 9.17) is 4.74 Å². The number of aromatic nitrogens is 4. The molecule has 0 saturated carbocycles. The van der Waals surface area contributed by atoms with Crippen LogP contribution >= 0.6 is 0 Å². The molecule has 0 N–H and O–H groups in total. The fourth-order valence-corrected chi connectivity index (χ4v) is 6.00. The van der Waals surface area contributed by atoms with Crippen molar-refractivity contribution in [1.29, 1.82) is 0 Å². The average Bonchev–Trinajstić information content (AvgIpc) is 3.58. The van der Waals surface area contributed by atoms with Gasteiger partial charge in [0.05, 0.1) is 17.3 Å². The van der Waals surface area contributed by atoms with Gasteiger partial charge in [0.15, 0.2) is 0 Å². The molecule has 5 heterocycles. The fraction of sp³-hybridized carbons (Fsp3) is 0.406. The first-order valence-electron chi connectivity index (χ1n) is 14.8. The van der Waals surface area contributed by atoms with E-state index < -0.39 is 18.3 Å². The predicted molar refractivity (Wildman–Crippen MR) is 156 cm³/mol. The van der Waals surface area contributed by atoms with E-state index >= 15 is 0 Å². The normalized spacial score (nSPS) is 16.4. The summed E-state index contributed by atoms with van der Waals surface area (Å²) in [5, 5.41) is 5.42. The third-order valence-corrected chi connectivity index (χ3v) is 8.35. The second-order valence-electron chi connectivity index (χ2n) is 11.4. The zero-order valence-electron chi connectivity index (χ0n) is 24.4. The molecule has 2 fully saturated rings. The quantitative estimate of drug-likeness (QED) is 0.274. The number of fused-ring (bicyclic) bond motifs is 1. The maximum Gasteiger partial charge on any atom is 0.418 e. The lowest BCUT2D eigenvalue weighted by Crippen LogP contribution is -2.39. The number of likely N-dealkylation sites (tertiary alicyclic amines) is 2. The van der Waals surface area contributed by atoms with Gasteiger partial charge in [0.25, 0.3) is 11.8 Å². The van der Waals surface area contributed by atoms with Gasteiger partial charge in [-0.3, -0.25) is 19.3 Å². The molecule has 2 aliphatic rings. The molecule has 44 heavy (non-hydrogen) atoms. The van der Waals surface area contributed by atoms with Crippen molar-refractivity contribution in [3.8, 4) is 5.88 Å². The molecule has 0 unspecified atom stereocenters. The highest BCUT2D eigenvalue weighted by Crippen LogP contribution is 2.33. The van der Waals surface area contributed by atoms with Gasteiger partial charge in [-0.25, -0.2) is 4.98 Å². The van der Waals surface area contributed by atoms with Gasteiger partial charge in [0, 0.05) is 78.9 Å². The summed E-state index contributed by atoms with van der Waals surface area (Å²) in [6, 6.07) is 8.05. The van der Waals surface area contributed by atoms with Crippen LogP contribution in [0.1, 0.15) is 75.7 Å². The highest BCUT2D eigenvalue weighted by atomic mass is 19.4. The largest absolute Gasteiger partial charge is 0.471 e. The van der Waals surface area contributed by atoms with Gasteiger partial charge in [-0.1, -0.05) is 0 Å². The summed E-state index contributed by atoms with van der Waals surface area (Å²) in [4.78, 5) is 39.3. The van der Waals surface area contributed by atoms with Crippen LogP contribution in [0.5, 0.6) is 5.88 Å². The highest BCUT2D eigenvalue weighted by Gasteiger charge is 2.34. The molecule has 2 amide bonds. The van der Waals surface area contributed by atoms with Gasteiger partial charge in [-0.2, -0.15) is 18.3 Å². The van der Waals surface area contributed by atoms with Crippen LogP contribution in [0, 0.1) is 6.92 Å². The van der Waals surface area contributed by atoms with E-state index in [2.05, 4.69) is 15.1 Å². The van der Waals surface area contributed by atoms with Gasteiger partial charge < -0.3 is 14.5 Å². The molecule has 9 nitrogen and oxygen atoms in total. The number of carbonyl (C=O) groups is 2. The first-order valence-corrected chi connectivity index (χ1v) is 14.8. The number of hydrogen-bond donors (Lipinski definition) is 0. The van der Waals surface area contributed by atoms with Crippen LogP contribution in [0.3, 0.4) is 0 Å². The summed E-state index contributed by atoms with van der Waals surface area (Å²) in [6.45, 7) is 3.46. The summed E-state index contributed by atoms with van der Waals surface area (Å²) in [7, 11) is 0. The molecule has 2 saturated heterocycles. The molecule has 0 radical (unpaired) electrons. The number of ether oxygens (including phenoxy) is 1. The Kier molecular flexibility index (Phi) is 8.24. The number of amides is 2. The Bertz CT molecular complexity index is 1660. The molecule has 12 heteroatoms. The van der Waals surface area contributed by atoms with E-state index in [9.17, 15) is 22.8 Å². The second-order valence-corrected chi connectivity index (χ2v) is 11.4. The number of nitrogens with zero attached hydrogens (tertiary/aromatic N) is 6. The smallest absolute Gasteiger partial charge is 0.418 e. The van der Waals surface area contributed by atoms with E-state index in [-0.39, 0.29) is 29.4 Å². The lowest BCUT2D eigenvalue weighted by atomic mass is 9.98. The highest BCUT2D eigenvalue weighted by molar-refractivity contribution is 6.10. The van der Waals surface area contributed by atoms with Crippen LogP contribution in [0.4, 0.5) is 13.2 Å². The van der Waals surface area contributed by atoms with Gasteiger partial charge >= 0.3 is 6.18 Å². The third kappa shape index (κ3) is 6.24. The van der Waals surface area contributed by atoms with Crippen molar-refractivity contribution in [2.45, 2.75) is 57.9 Å². The molecule has 2 aliphatic heterocycles. The summed E-state index contributed by atoms with van der Waals surface area (Å²) in [5.74, 6) is -0.303.